The summed E-state index contributed by atoms with van der Waals surface area (Å²) in [4.78, 5) is 0. The summed E-state index contributed by atoms with van der Waals surface area (Å²) in [6, 6.07) is 4.70. The van der Waals surface area contributed by atoms with Crippen molar-refractivity contribution in [2.75, 3.05) is 7.11 Å². The fourth-order valence-electron chi connectivity index (χ4n) is 1.61. The third kappa shape index (κ3) is 2.63. The number of phenols is 1. The maximum Gasteiger partial charge on any atom is 0.126 e. The first-order valence-electron chi connectivity index (χ1n) is 5.54. The van der Waals surface area contributed by atoms with E-state index < -0.39 is 0 Å². The zero-order valence-corrected chi connectivity index (χ0v) is 10.00. The van der Waals surface area contributed by atoms with E-state index in [9.17, 15) is 10.2 Å². The molecule has 0 saturated heterocycles. The second kappa shape index (κ2) is 5.27. The fraction of sp³-hybridized carbons (Fsp3) is 0.0667. The van der Waals surface area contributed by atoms with Gasteiger partial charge in [0.15, 0.2) is 0 Å². The van der Waals surface area contributed by atoms with Crippen molar-refractivity contribution in [1.29, 1.82) is 0 Å². The van der Waals surface area contributed by atoms with Crippen LogP contribution in [0.25, 0.3) is 5.76 Å². The average molecular weight is 242 g/mol. The third-order valence-corrected chi connectivity index (χ3v) is 2.60. The van der Waals surface area contributed by atoms with Crippen LogP contribution in [-0.4, -0.2) is 17.3 Å². The highest BCUT2D eigenvalue weighted by molar-refractivity contribution is 5.67. The number of rotatable bonds is 3. The van der Waals surface area contributed by atoms with Gasteiger partial charge in [0.25, 0.3) is 0 Å². The normalized spacial score (nSPS) is 14.1. The first-order chi connectivity index (χ1) is 8.70. The molecule has 0 radical (unpaired) electrons. The van der Waals surface area contributed by atoms with Crippen molar-refractivity contribution in [1.82, 2.24) is 0 Å². The molecule has 18 heavy (non-hydrogen) atoms. The predicted molar refractivity (Wildman–Crippen MR) is 71.6 cm³/mol. The van der Waals surface area contributed by atoms with Crippen LogP contribution in [0.5, 0.6) is 11.5 Å². The Labute approximate surface area is 106 Å². The molecule has 2 N–H and O–H groups in total. The summed E-state index contributed by atoms with van der Waals surface area (Å²) in [5, 5.41) is 19.6. The molecular formula is C15H14O3. The lowest BCUT2D eigenvalue weighted by Crippen LogP contribution is -1.88. The van der Waals surface area contributed by atoms with E-state index in [4.69, 9.17) is 4.74 Å². The minimum Gasteiger partial charge on any atom is -0.507 e. The molecular weight excluding hydrogens is 228 g/mol. The quantitative estimate of drug-likeness (QED) is 0.799. The van der Waals surface area contributed by atoms with Crippen molar-refractivity contribution in [2.45, 2.75) is 0 Å². The molecule has 1 aromatic carbocycles. The van der Waals surface area contributed by atoms with Crippen molar-refractivity contribution >= 4 is 5.76 Å². The topological polar surface area (TPSA) is 49.7 Å². The Kier molecular flexibility index (Phi) is 3.53. The Morgan fingerprint density at radius 2 is 1.94 bits per heavy atom. The van der Waals surface area contributed by atoms with Crippen LogP contribution in [0.1, 0.15) is 5.56 Å². The SMILES string of the molecule is COc1ccc(O)c(/C(O)=C/C=C2C=CC=C2)c1. The van der Waals surface area contributed by atoms with Crippen LogP contribution in [0.2, 0.25) is 0 Å². The van der Waals surface area contributed by atoms with Gasteiger partial charge in [0.2, 0.25) is 0 Å². The molecule has 1 aromatic rings. The van der Waals surface area contributed by atoms with E-state index in [-0.39, 0.29) is 11.5 Å². The molecule has 0 spiro atoms. The molecule has 0 fully saturated rings. The second-order valence-electron chi connectivity index (χ2n) is 3.82. The Morgan fingerprint density at radius 3 is 2.61 bits per heavy atom. The standard InChI is InChI=1S/C15H14O3/c1-18-12-7-9-15(17)13(10-12)14(16)8-6-11-4-2-3-5-11/h2-10,16-17H,1H3/b14-8-. The largest absolute Gasteiger partial charge is 0.507 e. The number of aliphatic hydroxyl groups is 1. The minimum absolute atomic E-state index is 0.00685. The number of aliphatic hydroxyl groups excluding tert-OH is 1. The number of methoxy groups -OCH3 is 1. The van der Waals surface area contributed by atoms with Crippen LogP contribution < -0.4 is 4.74 Å². The van der Waals surface area contributed by atoms with E-state index in [0.717, 1.165) is 5.57 Å². The molecule has 0 unspecified atom stereocenters. The van der Waals surface area contributed by atoms with Gasteiger partial charge >= 0.3 is 0 Å². The molecule has 3 heteroatoms. The van der Waals surface area contributed by atoms with Crippen LogP contribution in [0.15, 0.2) is 60.2 Å². The summed E-state index contributed by atoms with van der Waals surface area (Å²) < 4.78 is 5.05. The zero-order chi connectivity index (χ0) is 13.0. The molecule has 0 heterocycles. The van der Waals surface area contributed by atoms with Gasteiger partial charge in [0.1, 0.15) is 17.3 Å². The summed E-state index contributed by atoms with van der Waals surface area (Å²) in [7, 11) is 1.53. The third-order valence-electron chi connectivity index (χ3n) is 2.60. The van der Waals surface area contributed by atoms with Gasteiger partial charge in [-0.1, -0.05) is 30.4 Å². The van der Waals surface area contributed by atoms with E-state index in [1.165, 1.54) is 13.2 Å². The molecule has 0 amide bonds. The van der Waals surface area contributed by atoms with Gasteiger partial charge < -0.3 is 14.9 Å². The monoisotopic (exact) mass is 242 g/mol. The van der Waals surface area contributed by atoms with Crippen LogP contribution in [0.4, 0.5) is 0 Å². The highest BCUT2D eigenvalue weighted by atomic mass is 16.5. The maximum atomic E-state index is 9.93. The number of aromatic hydroxyl groups is 1. The van der Waals surface area contributed by atoms with Crippen LogP contribution in [0, 0.1) is 0 Å². The summed E-state index contributed by atoms with van der Waals surface area (Å²) >= 11 is 0. The minimum atomic E-state index is -0.00685. The molecule has 0 saturated carbocycles. The molecule has 2 rings (SSSR count). The molecule has 0 atom stereocenters. The first-order valence-corrected chi connectivity index (χ1v) is 5.54. The average Bonchev–Trinajstić information content (AvgIpc) is 2.89. The number of hydrogen-bond acceptors (Lipinski definition) is 3. The summed E-state index contributed by atoms with van der Waals surface area (Å²) in [5.41, 5.74) is 1.33. The van der Waals surface area contributed by atoms with E-state index in [1.807, 2.05) is 24.3 Å². The molecule has 0 bridgehead atoms. The van der Waals surface area contributed by atoms with Gasteiger partial charge in [0, 0.05) is 0 Å². The molecule has 1 aliphatic rings. The van der Waals surface area contributed by atoms with Gasteiger partial charge in [-0.15, -0.1) is 0 Å². The van der Waals surface area contributed by atoms with Gasteiger partial charge in [0.05, 0.1) is 12.7 Å². The number of benzene rings is 1. The molecule has 1 aliphatic carbocycles. The van der Waals surface area contributed by atoms with E-state index in [1.54, 1.807) is 24.3 Å². The highest BCUT2D eigenvalue weighted by Gasteiger charge is 2.07. The summed E-state index contributed by atoms with van der Waals surface area (Å²) in [6.07, 6.45) is 11.0. The Balaban J connectivity index is 2.30. The van der Waals surface area contributed by atoms with Crippen molar-refractivity contribution in [3.8, 4) is 11.5 Å². The Morgan fingerprint density at radius 1 is 1.22 bits per heavy atom. The number of hydrogen-bond donors (Lipinski definition) is 2. The van der Waals surface area contributed by atoms with Crippen LogP contribution in [-0.2, 0) is 0 Å². The predicted octanol–water partition coefficient (Wildman–Crippen LogP) is 3.35. The number of ether oxygens (including phenoxy) is 1. The van der Waals surface area contributed by atoms with Crippen LogP contribution in [0.3, 0.4) is 0 Å². The number of phenolic OH excluding ortho intramolecular Hbond substituents is 1. The van der Waals surface area contributed by atoms with Crippen molar-refractivity contribution in [3.05, 3.63) is 65.8 Å². The van der Waals surface area contributed by atoms with E-state index in [2.05, 4.69) is 0 Å². The maximum absolute atomic E-state index is 9.93. The second-order valence-corrected chi connectivity index (χ2v) is 3.82. The molecule has 0 aromatic heterocycles. The Hall–Kier alpha value is -2.42. The molecule has 0 aliphatic heterocycles. The van der Waals surface area contributed by atoms with Gasteiger partial charge in [-0.25, -0.2) is 0 Å². The van der Waals surface area contributed by atoms with Gasteiger partial charge in [-0.3, -0.25) is 0 Å². The Bertz CT molecular complexity index is 549. The lowest BCUT2D eigenvalue weighted by atomic mass is 10.1. The van der Waals surface area contributed by atoms with Crippen molar-refractivity contribution in [3.63, 3.8) is 0 Å². The molecule has 3 nitrogen and oxygen atoms in total. The summed E-state index contributed by atoms with van der Waals surface area (Å²) in [6.45, 7) is 0. The fourth-order valence-corrected chi connectivity index (χ4v) is 1.61. The van der Waals surface area contributed by atoms with Crippen molar-refractivity contribution < 1.29 is 14.9 Å². The zero-order valence-electron chi connectivity index (χ0n) is 10.00. The van der Waals surface area contributed by atoms with Crippen LogP contribution >= 0.6 is 0 Å². The first kappa shape index (κ1) is 12.0. The molecule has 92 valence electrons. The summed E-state index contributed by atoms with van der Waals surface area (Å²) in [5.74, 6) is 0.587. The number of allylic oxidation sites excluding steroid dienone is 7. The van der Waals surface area contributed by atoms with Gasteiger partial charge in [-0.05, 0) is 29.8 Å². The van der Waals surface area contributed by atoms with E-state index >= 15 is 0 Å². The van der Waals surface area contributed by atoms with E-state index in [0.29, 0.717) is 11.3 Å². The lowest BCUT2D eigenvalue weighted by Gasteiger charge is -2.06. The highest BCUT2D eigenvalue weighted by Crippen LogP contribution is 2.28. The van der Waals surface area contributed by atoms with Gasteiger partial charge in [-0.2, -0.15) is 0 Å². The van der Waals surface area contributed by atoms with Crippen molar-refractivity contribution in [2.24, 2.45) is 0 Å². The lowest BCUT2D eigenvalue weighted by molar-refractivity contribution is 0.410. The smallest absolute Gasteiger partial charge is 0.126 e.